The molecule has 2 N–H and O–H groups in total. The molecule has 0 aliphatic heterocycles. The van der Waals surface area contributed by atoms with Crippen LogP contribution in [-0.2, 0) is 23.1 Å². The summed E-state index contributed by atoms with van der Waals surface area (Å²) in [6.07, 6.45) is 48.8. The molecule has 0 aromatic heterocycles. The lowest BCUT2D eigenvalue weighted by molar-refractivity contribution is -0.870. The van der Waals surface area contributed by atoms with Crippen molar-refractivity contribution in [2.45, 2.75) is 180 Å². The van der Waals surface area contributed by atoms with Gasteiger partial charge in [-0.2, -0.15) is 0 Å². The molecule has 0 radical (unpaired) electrons. The van der Waals surface area contributed by atoms with Gasteiger partial charge in [-0.3, -0.25) is 13.8 Å². The molecule has 8 nitrogen and oxygen atoms in total. The van der Waals surface area contributed by atoms with Crippen LogP contribution in [0.4, 0.5) is 0 Å². The van der Waals surface area contributed by atoms with Gasteiger partial charge in [0.25, 0.3) is 0 Å². The first-order chi connectivity index (χ1) is 25.6. The maximum Gasteiger partial charge on any atom is 0.472 e. The number of phosphoric acid groups is 1. The van der Waals surface area contributed by atoms with E-state index in [1.165, 1.54) is 116 Å². The molecule has 9 heteroatoms. The average Bonchev–Trinajstić information content (AvgIpc) is 3.11. The number of likely N-dealkylation sites (N-methyl/N-ethyl adjacent to an activating group) is 1. The molecule has 53 heavy (non-hydrogen) atoms. The number of carbonyl (C=O) groups is 1. The number of carbonyl (C=O) groups excluding carboxylic acids is 1. The lowest BCUT2D eigenvalue weighted by Gasteiger charge is -2.24. The Labute approximate surface area is 326 Å². The van der Waals surface area contributed by atoms with E-state index < -0.39 is 20.5 Å². The van der Waals surface area contributed by atoms with E-state index in [1.54, 1.807) is 0 Å². The van der Waals surface area contributed by atoms with Crippen LogP contribution in [0.15, 0.2) is 48.6 Å². The Bertz CT molecular complexity index is 989. The van der Waals surface area contributed by atoms with Gasteiger partial charge in [-0.05, 0) is 44.9 Å². The monoisotopic (exact) mass is 769 g/mol. The van der Waals surface area contributed by atoms with Crippen molar-refractivity contribution >= 4 is 13.8 Å². The number of hydrogen-bond donors (Lipinski definition) is 2. The zero-order valence-electron chi connectivity index (χ0n) is 34.7. The quantitative estimate of drug-likeness (QED) is 0.0211. The second-order valence-corrected chi connectivity index (χ2v) is 17.0. The number of nitrogens with zero attached hydrogens (tertiary/aromatic N) is 1. The third-order valence-corrected chi connectivity index (χ3v) is 10.1. The first kappa shape index (κ1) is 51.5. The van der Waals surface area contributed by atoms with E-state index in [2.05, 4.69) is 55.5 Å². The third-order valence-electron chi connectivity index (χ3n) is 9.10. The van der Waals surface area contributed by atoms with Gasteiger partial charge in [0.2, 0.25) is 0 Å². The minimum atomic E-state index is -4.25. The summed E-state index contributed by atoms with van der Waals surface area (Å²) in [5.74, 6) is -0.370. The van der Waals surface area contributed by atoms with Crippen LogP contribution in [0.3, 0.4) is 0 Å². The Morgan fingerprint density at radius 2 is 0.981 bits per heavy atom. The van der Waals surface area contributed by atoms with Crippen molar-refractivity contribution in [3.63, 3.8) is 0 Å². The summed E-state index contributed by atoms with van der Waals surface area (Å²) in [7, 11) is 1.56. The van der Waals surface area contributed by atoms with E-state index in [0.29, 0.717) is 17.4 Å². The second-order valence-electron chi connectivity index (χ2n) is 15.6. The molecule has 0 bridgehead atoms. The molecular formula is C44H83NO7P+. The number of unbranched alkanes of at least 4 members (excludes halogenated alkanes) is 20. The minimum Gasteiger partial charge on any atom is -0.463 e. The summed E-state index contributed by atoms with van der Waals surface area (Å²) < 4.78 is 27.2. The molecule has 0 saturated carbocycles. The van der Waals surface area contributed by atoms with Crippen LogP contribution in [0.2, 0.25) is 0 Å². The summed E-state index contributed by atoms with van der Waals surface area (Å²) >= 11 is 0. The average molecular weight is 769 g/mol. The van der Waals surface area contributed by atoms with E-state index in [0.717, 1.165) is 44.9 Å². The summed E-state index contributed by atoms with van der Waals surface area (Å²) in [6, 6.07) is 0. The second kappa shape index (κ2) is 37.4. The maximum atomic E-state index is 11.9. The highest BCUT2D eigenvalue weighted by atomic mass is 31.2. The van der Waals surface area contributed by atoms with Gasteiger partial charge in [0.15, 0.2) is 0 Å². The van der Waals surface area contributed by atoms with Crippen LogP contribution in [-0.4, -0.2) is 74.1 Å². The summed E-state index contributed by atoms with van der Waals surface area (Å²) in [6.45, 7) is 2.04. The number of esters is 1. The van der Waals surface area contributed by atoms with E-state index in [1.807, 2.05) is 21.1 Å². The molecular weight excluding hydrogens is 685 g/mol. The van der Waals surface area contributed by atoms with Crippen molar-refractivity contribution < 1.29 is 37.6 Å². The molecule has 2 unspecified atom stereocenters. The largest absolute Gasteiger partial charge is 0.472 e. The fraction of sp³-hybridized carbons (Fsp3) is 0.795. The predicted octanol–water partition coefficient (Wildman–Crippen LogP) is 12.1. The van der Waals surface area contributed by atoms with Crippen molar-refractivity contribution in [3.8, 4) is 0 Å². The van der Waals surface area contributed by atoms with E-state index in [9.17, 15) is 19.4 Å². The Kier molecular flexibility index (Phi) is 36.3. The van der Waals surface area contributed by atoms with Crippen LogP contribution in [0.5, 0.6) is 0 Å². The van der Waals surface area contributed by atoms with Gasteiger partial charge < -0.3 is 19.2 Å². The van der Waals surface area contributed by atoms with Gasteiger partial charge in [-0.25, -0.2) is 4.57 Å². The number of rotatable bonds is 39. The molecule has 0 aliphatic carbocycles. The highest BCUT2D eigenvalue weighted by Crippen LogP contribution is 2.43. The van der Waals surface area contributed by atoms with Crippen molar-refractivity contribution in [3.05, 3.63) is 48.6 Å². The molecule has 0 heterocycles. The Morgan fingerprint density at radius 1 is 0.585 bits per heavy atom. The van der Waals surface area contributed by atoms with Gasteiger partial charge in [0.1, 0.15) is 25.9 Å². The number of quaternary nitrogens is 1. The summed E-state index contributed by atoms with van der Waals surface area (Å²) in [5.41, 5.74) is 0. The van der Waals surface area contributed by atoms with Crippen LogP contribution in [0, 0.1) is 0 Å². The Morgan fingerprint density at radius 3 is 1.42 bits per heavy atom. The van der Waals surface area contributed by atoms with Crippen molar-refractivity contribution in [2.75, 3.05) is 47.5 Å². The SMILES string of the molecule is CC/C=C\C/C=C\C/C=C\C/C=C\CCCCCCCCCCCCCCCCCCCCCCC(=O)OCC(O)COP(=O)(O)OCC[N+](C)(C)C. The van der Waals surface area contributed by atoms with Crippen LogP contribution < -0.4 is 0 Å². The molecule has 0 rings (SSSR count). The van der Waals surface area contributed by atoms with E-state index in [-0.39, 0.29) is 19.2 Å². The molecule has 0 amide bonds. The van der Waals surface area contributed by atoms with Crippen molar-refractivity contribution in [2.24, 2.45) is 0 Å². The Hall–Kier alpha value is -1.54. The molecule has 2 atom stereocenters. The van der Waals surface area contributed by atoms with Gasteiger partial charge in [0, 0.05) is 6.42 Å². The molecule has 0 spiro atoms. The molecule has 0 saturated heterocycles. The Balaban J connectivity index is 3.37. The topological polar surface area (TPSA) is 102 Å². The highest BCUT2D eigenvalue weighted by Gasteiger charge is 2.24. The number of ether oxygens (including phenoxy) is 1. The van der Waals surface area contributed by atoms with Crippen LogP contribution in [0.25, 0.3) is 0 Å². The standard InChI is InChI=1S/C44H82NO7P/c1-5-6-7-8-9-10-11-12-13-14-15-16-17-18-19-20-21-22-23-24-25-26-27-28-29-30-31-32-33-34-35-36-37-38-44(47)50-41-43(46)42-52-53(48,49)51-40-39-45(2,3)4/h6-7,9-10,12-13,15-16,43,46H,5,8,11,14,17-42H2,1-4H3/p+1/b7-6-,10-9-,13-12-,16-15-. The molecule has 0 fully saturated rings. The number of aliphatic hydroxyl groups is 1. The smallest absolute Gasteiger partial charge is 0.463 e. The van der Waals surface area contributed by atoms with Gasteiger partial charge in [-0.15, -0.1) is 0 Å². The third kappa shape index (κ3) is 43.1. The van der Waals surface area contributed by atoms with Crippen LogP contribution >= 0.6 is 7.82 Å². The number of hydrogen-bond acceptors (Lipinski definition) is 6. The fourth-order valence-corrected chi connectivity index (χ4v) is 6.52. The number of phosphoric ester groups is 1. The minimum absolute atomic E-state index is 0.0546. The highest BCUT2D eigenvalue weighted by molar-refractivity contribution is 7.47. The molecule has 0 aromatic rings. The lowest BCUT2D eigenvalue weighted by Crippen LogP contribution is -2.37. The lowest BCUT2D eigenvalue weighted by atomic mass is 10.0. The normalized spacial score (nSPS) is 14.3. The van der Waals surface area contributed by atoms with Gasteiger partial charge >= 0.3 is 13.8 Å². The zero-order chi connectivity index (χ0) is 39.1. The molecule has 310 valence electrons. The van der Waals surface area contributed by atoms with Gasteiger partial charge in [-0.1, -0.05) is 171 Å². The first-order valence-electron chi connectivity index (χ1n) is 21.4. The maximum absolute atomic E-state index is 11.9. The fourth-order valence-electron chi connectivity index (χ4n) is 5.77. The summed E-state index contributed by atoms with van der Waals surface area (Å²) in [5, 5.41) is 9.91. The van der Waals surface area contributed by atoms with E-state index >= 15 is 0 Å². The molecule has 0 aromatic carbocycles. The number of aliphatic hydroxyl groups excluding tert-OH is 1. The first-order valence-corrected chi connectivity index (χ1v) is 22.9. The summed E-state index contributed by atoms with van der Waals surface area (Å²) in [4.78, 5) is 21.6. The van der Waals surface area contributed by atoms with Crippen molar-refractivity contribution in [1.29, 1.82) is 0 Å². The number of allylic oxidation sites excluding steroid dienone is 8. The van der Waals surface area contributed by atoms with Crippen LogP contribution in [0.1, 0.15) is 174 Å². The zero-order valence-corrected chi connectivity index (χ0v) is 35.6. The molecule has 0 aliphatic rings. The predicted molar refractivity (Wildman–Crippen MR) is 224 cm³/mol. The van der Waals surface area contributed by atoms with Gasteiger partial charge in [0.05, 0.1) is 27.7 Å². The van der Waals surface area contributed by atoms with E-state index in [4.69, 9.17) is 13.8 Å². The van der Waals surface area contributed by atoms with Crippen molar-refractivity contribution in [1.82, 2.24) is 0 Å².